The maximum absolute atomic E-state index is 12.4. The molecule has 23 heavy (non-hydrogen) atoms. The monoisotopic (exact) mass is 347 g/mol. The average molecular weight is 348 g/mol. The van der Waals surface area contributed by atoms with Crippen molar-refractivity contribution < 1.29 is 9.53 Å². The highest BCUT2D eigenvalue weighted by atomic mass is 35.5. The van der Waals surface area contributed by atoms with Gasteiger partial charge in [-0.3, -0.25) is 4.79 Å². The van der Waals surface area contributed by atoms with Crippen molar-refractivity contribution in [2.24, 2.45) is 0 Å². The number of thioether (sulfide) groups is 1. The fourth-order valence-corrected chi connectivity index (χ4v) is 3.85. The zero-order valence-electron chi connectivity index (χ0n) is 12.8. The number of amides is 1. The number of para-hydroxylation sites is 1. The molecule has 0 aliphatic carbocycles. The maximum Gasteiger partial charge on any atom is 0.261 e. The van der Waals surface area contributed by atoms with Crippen LogP contribution in [0.15, 0.2) is 53.4 Å². The number of carbonyl (C=O) groups is 1. The van der Waals surface area contributed by atoms with E-state index in [-0.39, 0.29) is 11.9 Å². The number of hydrogen-bond acceptors (Lipinski definition) is 3. The molecule has 0 spiro atoms. The Labute approximate surface area is 145 Å². The van der Waals surface area contributed by atoms with E-state index in [0.29, 0.717) is 10.8 Å². The van der Waals surface area contributed by atoms with Crippen LogP contribution in [0.1, 0.15) is 24.9 Å². The Hall–Kier alpha value is -1.65. The van der Waals surface area contributed by atoms with Crippen molar-refractivity contribution in [2.75, 3.05) is 5.75 Å². The highest BCUT2D eigenvalue weighted by molar-refractivity contribution is 7.99. The van der Waals surface area contributed by atoms with E-state index in [1.807, 2.05) is 48.5 Å². The minimum atomic E-state index is -0.547. The summed E-state index contributed by atoms with van der Waals surface area (Å²) in [5, 5.41) is 3.78. The normalized spacial score (nSPS) is 17.9. The van der Waals surface area contributed by atoms with Gasteiger partial charge in [-0.1, -0.05) is 29.8 Å². The van der Waals surface area contributed by atoms with Gasteiger partial charge in [0.25, 0.3) is 5.91 Å². The molecule has 0 fully saturated rings. The van der Waals surface area contributed by atoms with E-state index in [9.17, 15) is 4.79 Å². The number of halogens is 1. The maximum atomic E-state index is 12.4. The zero-order chi connectivity index (χ0) is 16.2. The molecule has 1 heterocycles. The van der Waals surface area contributed by atoms with Crippen LogP contribution >= 0.6 is 23.4 Å². The highest BCUT2D eigenvalue weighted by Crippen LogP contribution is 2.37. The molecular weight excluding hydrogens is 330 g/mol. The summed E-state index contributed by atoms with van der Waals surface area (Å²) in [6, 6.07) is 15.2. The van der Waals surface area contributed by atoms with Crippen LogP contribution in [0.25, 0.3) is 0 Å². The van der Waals surface area contributed by atoms with E-state index >= 15 is 0 Å². The number of benzene rings is 2. The standard InChI is InChI=1S/C18H18ClNO2S/c1-12(22-14-5-3-2-4-6-14)18(21)20-16-9-10-23-17-8-7-13(19)11-15(16)17/h2-8,11-12,16H,9-10H2,1H3,(H,20,21). The first kappa shape index (κ1) is 16.2. The number of hydrogen-bond donors (Lipinski definition) is 1. The van der Waals surface area contributed by atoms with Gasteiger partial charge in [0.05, 0.1) is 6.04 Å². The van der Waals surface area contributed by atoms with Crippen molar-refractivity contribution in [3.63, 3.8) is 0 Å². The first-order chi connectivity index (χ1) is 11.1. The summed E-state index contributed by atoms with van der Waals surface area (Å²) >= 11 is 7.90. The highest BCUT2D eigenvalue weighted by Gasteiger charge is 2.25. The summed E-state index contributed by atoms with van der Waals surface area (Å²) in [5.74, 6) is 1.56. The fraction of sp³-hybridized carbons (Fsp3) is 0.278. The third-order valence-corrected chi connectivity index (χ3v) is 5.11. The second kappa shape index (κ2) is 7.28. The van der Waals surface area contributed by atoms with E-state index in [4.69, 9.17) is 16.3 Å². The summed E-state index contributed by atoms with van der Waals surface area (Å²) in [6.07, 6.45) is 0.344. The van der Waals surface area contributed by atoms with Crippen LogP contribution in [0.4, 0.5) is 0 Å². The molecule has 2 atom stereocenters. The number of rotatable bonds is 4. The van der Waals surface area contributed by atoms with Crippen LogP contribution < -0.4 is 10.1 Å². The van der Waals surface area contributed by atoms with Crippen LogP contribution in [-0.2, 0) is 4.79 Å². The molecule has 0 saturated carbocycles. The Morgan fingerprint density at radius 2 is 2.09 bits per heavy atom. The Balaban J connectivity index is 1.68. The predicted octanol–water partition coefficient (Wildman–Crippen LogP) is 4.46. The topological polar surface area (TPSA) is 38.3 Å². The van der Waals surface area contributed by atoms with Gasteiger partial charge in [0.2, 0.25) is 0 Å². The molecule has 0 bridgehead atoms. The number of ether oxygens (including phenoxy) is 1. The molecule has 3 rings (SSSR count). The molecule has 3 nitrogen and oxygen atoms in total. The van der Waals surface area contributed by atoms with E-state index in [2.05, 4.69) is 5.32 Å². The van der Waals surface area contributed by atoms with Gasteiger partial charge < -0.3 is 10.1 Å². The second-order valence-electron chi connectivity index (χ2n) is 5.45. The van der Waals surface area contributed by atoms with Gasteiger partial charge in [-0.2, -0.15) is 0 Å². The molecular formula is C18H18ClNO2S. The minimum Gasteiger partial charge on any atom is -0.481 e. The van der Waals surface area contributed by atoms with Gasteiger partial charge in [0, 0.05) is 15.7 Å². The van der Waals surface area contributed by atoms with Crippen LogP contribution in [0.5, 0.6) is 5.75 Å². The fourth-order valence-electron chi connectivity index (χ4n) is 2.56. The van der Waals surface area contributed by atoms with Gasteiger partial charge in [-0.25, -0.2) is 0 Å². The first-order valence-corrected chi connectivity index (χ1v) is 8.94. The SMILES string of the molecule is CC(Oc1ccccc1)C(=O)NC1CCSc2ccc(Cl)cc21. The minimum absolute atomic E-state index is 0.0146. The zero-order valence-corrected chi connectivity index (χ0v) is 14.4. The smallest absolute Gasteiger partial charge is 0.261 e. The van der Waals surface area contributed by atoms with Crippen LogP contribution in [0.3, 0.4) is 0 Å². The Morgan fingerprint density at radius 1 is 1.30 bits per heavy atom. The van der Waals surface area contributed by atoms with Crippen molar-refractivity contribution in [3.05, 3.63) is 59.1 Å². The van der Waals surface area contributed by atoms with E-state index in [0.717, 1.165) is 17.7 Å². The second-order valence-corrected chi connectivity index (χ2v) is 7.03. The van der Waals surface area contributed by atoms with E-state index in [1.54, 1.807) is 18.7 Å². The molecule has 1 aliphatic rings. The van der Waals surface area contributed by atoms with Gasteiger partial charge in [0.1, 0.15) is 5.75 Å². The van der Waals surface area contributed by atoms with Crippen molar-refractivity contribution in [2.45, 2.75) is 30.4 Å². The lowest BCUT2D eigenvalue weighted by Crippen LogP contribution is -2.39. The summed E-state index contributed by atoms with van der Waals surface area (Å²) in [7, 11) is 0. The van der Waals surface area contributed by atoms with Gasteiger partial charge in [-0.05, 0) is 49.2 Å². The Kier molecular flexibility index (Phi) is 5.13. The van der Waals surface area contributed by atoms with Gasteiger partial charge >= 0.3 is 0 Å². The lowest BCUT2D eigenvalue weighted by atomic mass is 10.0. The van der Waals surface area contributed by atoms with Crippen molar-refractivity contribution in [3.8, 4) is 5.75 Å². The van der Waals surface area contributed by atoms with Crippen molar-refractivity contribution >= 4 is 29.3 Å². The molecule has 5 heteroatoms. The first-order valence-electron chi connectivity index (χ1n) is 7.58. The molecule has 2 aromatic carbocycles. The number of fused-ring (bicyclic) bond motifs is 1. The third-order valence-electron chi connectivity index (χ3n) is 3.75. The third kappa shape index (κ3) is 4.01. The largest absolute Gasteiger partial charge is 0.481 e. The molecule has 1 N–H and O–H groups in total. The summed E-state index contributed by atoms with van der Waals surface area (Å²) in [5.41, 5.74) is 1.09. The molecule has 0 saturated heterocycles. The summed E-state index contributed by atoms with van der Waals surface area (Å²) < 4.78 is 5.69. The predicted molar refractivity (Wildman–Crippen MR) is 94.2 cm³/mol. The Morgan fingerprint density at radius 3 is 2.87 bits per heavy atom. The molecule has 1 aliphatic heterocycles. The molecule has 2 unspecified atom stereocenters. The van der Waals surface area contributed by atoms with Crippen LogP contribution in [-0.4, -0.2) is 17.8 Å². The number of nitrogens with one attached hydrogen (secondary N) is 1. The summed E-state index contributed by atoms with van der Waals surface area (Å²) in [4.78, 5) is 13.6. The molecule has 0 radical (unpaired) electrons. The Bertz CT molecular complexity index is 693. The van der Waals surface area contributed by atoms with Crippen molar-refractivity contribution in [1.82, 2.24) is 5.32 Å². The molecule has 2 aromatic rings. The number of carbonyl (C=O) groups excluding carboxylic acids is 1. The molecule has 120 valence electrons. The summed E-state index contributed by atoms with van der Waals surface area (Å²) in [6.45, 7) is 1.76. The lowest BCUT2D eigenvalue weighted by Gasteiger charge is -2.27. The average Bonchev–Trinajstić information content (AvgIpc) is 2.56. The quantitative estimate of drug-likeness (QED) is 0.887. The van der Waals surface area contributed by atoms with Crippen LogP contribution in [0.2, 0.25) is 5.02 Å². The lowest BCUT2D eigenvalue weighted by molar-refractivity contribution is -0.128. The molecule has 1 amide bonds. The van der Waals surface area contributed by atoms with E-state index < -0.39 is 6.10 Å². The molecule has 0 aromatic heterocycles. The van der Waals surface area contributed by atoms with Crippen LogP contribution in [0, 0.1) is 0 Å². The van der Waals surface area contributed by atoms with Gasteiger partial charge in [-0.15, -0.1) is 11.8 Å². The van der Waals surface area contributed by atoms with Crippen molar-refractivity contribution in [1.29, 1.82) is 0 Å². The van der Waals surface area contributed by atoms with E-state index in [1.165, 1.54) is 4.90 Å². The van der Waals surface area contributed by atoms with Gasteiger partial charge in [0.15, 0.2) is 6.10 Å².